The van der Waals surface area contributed by atoms with Crippen molar-refractivity contribution in [3.8, 4) is 0 Å². The summed E-state index contributed by atoms with van der Waals surface area (Å²) in [4.78, 5) is 14.8. The van der Waals surface area contributed by atoms with Gasteiger partial charge in [0.25, 0.3) is 0 Å². The second-order valence-electron chi connectivity index (χ2n) is 7.09. The van der Waals surface area contributed by atoms with Crippen LogP contribution in [-0.4, -0.2) is 29.8 Å². The molecule has 26 heavy (non-hydrogen) atoms. The van der Waals surface area contributed by atoms with Crippen molar-refractivity contribution in [2.75, 3.05) is 13.1 Å². The monoisotopic (exact) mass is 351 g/mol. The maximum Gasteiger partial charge on any atom is 0.162 e. The predicted octanol–water partition coefficient (Wildman–Crippen LogP) is 5.05. The Morgan fingerprint density at radius 1 is 1.12 bits per heavy atom. The number of benzene rings is 2. The van der Waals surface area contributed by atoms with E-state index in [4.69, 9.17) is 0 Å². The van der Waals surface area contributed by atoms with E-state index in [2.05, 4.69) is 42.2 Å². The lowest BCUT2D eigenvalue weighted by Gasteiger charge is -2.34. The molecule has 1 unspecified atom stereocenters. The second kappa shape index (κ2) is 8.91. The van der Waals surface area contributed by atoms with Gasteiger partial charge in [-0.25, -0.2) is 4.39 Å². The van der Waals surface area contributed by atoms with Crippen LogP contribution in [0.4, 0.5) is 4.39 Å². The molecule has 0 N–H and O–H groups in total. The van der Waals surface area contributed by atoms with Gasteiger partial charge in [0.2, 0.25) is 0 Å². The van der Waals surface area contributed by atoms with Gasteiger partial charge in [0.05, 0.1) is 0 Å². The number of rotatable bonds is 7. The van der Waals surface area contributed by atoms with Gasteiger partial charge in [0.15, 0.2) is 5.78 Å². The summed E-state index contributed by atoms with van der Waals surface area (Å²) in [5, 5.41) is 0. The third kappa shape index (κ3) is 5.12. The Balaban J connectivity index is 1.55. The average Bonchev–Trinajstić information content (AvgIpc) is 2.65. The smallest absolute Gasteiger partial charge is 0.162 e. The SMILES string of the molecule is CC1=CC(Cc2ccccc2)N(CCCC(=O)c2ccc(F)cc2)CC1. The highest BCUT2D eigenvalue weighted by Crippen LogP contribution is 2.20. The largest absolute Gasteiger partial charge is 0.296 e. The molecular weight excluding hydrogens is 325 g/mol. The topological polar surface area (TPSA) is 20.3 Å². The number of nitrogens with zero attached hydrogens (tertiary/aromatic N) is 1. The average molecular weight is 351 g/mol. The third-order valence-corrected chi connectivity index (χ3v) is 5.04. The second-order valence-corrected chi connectivity index (χ2v) is 7.09. The maximum absolute atomic E-state index is 13.0. The van der Waals surface area contributed by atoms with E-state index in [-0.39, 0.29) is 11.6 Å². The van der Waals surface area contributed by atoms with Crippen molar-refractivity contribution in [1.29, 1.82) is 0 Å². The van der Waals surface area contributed by atoms with Crippen LogP contribution in [0.1, 0.15) is 42.1 Å². The molecule has 1 aliphatic heterocycles. The predicted molar refractivity (Wildman–Crippen MR) is 104 cm³/mol. The zero-order valence-corrected chi connectivity index (χ0v) is 15.3. The van der Waals surface area contributed by atoms with Crippen LogP contribution in [0, 0.1) is 5.82 Å². The van der Waals surface area contributed by atoms with Gasteiger partial charge in [-0.15, -0.1) is 0 Å². The fourth-order valence-electron chi connectivity index (χ4n) is 3.55. The van der Waals surface area contributed by atoms with Crippen molar-refractivity contribution in [2.45, 2.75) is 38.6 Å². The summed E-state index contributed by atoms with van der Waals surface area (Å²) >= 11 is 0. The molecule has 0 bridgehead atoms. The van der Waals surface area contributed by atoms with E-state index in [1.54, 1.807) is 12.1 Å². The number of Topliss-reactive ketones (excluding diaryl/α,β-unsaturated/α-hetero) is 1. The van der Waals surface area contributed by atoms with Gasteiger partial charge >= 0.3 is 0 Å². The lowest BCUT2D eigenvalue weighted by Crippen LogP contribution is -2.40. The minimum Gasteiger partial charge on any atom is -0.296 e. The van der Waals surface area contributed by atoms with Gasteiger partial charge < -0.3 is 0 Å². The van der Waals surface area contributed by atoms with E-state index < -0.39 is 0 Å². The zero-order valence-electron chi connectivity index (χ0n) is 15.3. The summed E-state index contributed by atoms with van der Waals surface area (Å²) in [6.07, 6.45) is 5.80. The van der Waals surface area contributed by atoms with Gasteiger partial charge in [-0.05, 0) is 62.6 Å². The number of hydrogen-bond donors (Lipinski definition) is 0. The Kier molecular flexibility index (Phi) is 6.35. The van der Waals surface area contributed by atoms with Crippen LogP contribution in [-0.2, 0) is 6.42 Å². The van der Waals surface area contributed by atoms with Gasteiger partial charge in [-0.3, -0.25) is 9.69 Å². The maximum atomic E-state index is 13.0. The van der Waals surface area contributed by atoms with Crippen molar-refractivity contribution in [1.82, 2.24) is 4.90 Å². The van der Waals surface area contributed by atoms with Gasteiger partial charge in [-0.1, -0.05) is 42.0 Å². The Morgan fingerprint density at radius 2 is 1.85 bits per heavy atom. The molecule has 2 aromatic rings. The van der Waals surface area contributed by atoms with Gasteiger partial charge in [0, 0.05) is 24.6 Å². The van der Waals surface area contributed by atoms with Crippen LogP contribution < -0.4 is 0 Å². The Labute approximate surface area is 155 Å². The molecule has 0 radical (unpaired) electrons. The number of carbonyl (C=O) groups is 1. The van der Waals surface area contributed by atoms with Crippen molar-refractivity contribution in [3.63, 3.8) is 0 Å². The van der Waals surface area contributed by atoms with E-state index in [0.29, 0.717) is 18.0 Å². The summed E-state index contributed by atoms with van der Waals surface area (Å²) in [5.74, 6) is -0.214. The molecule has 0 fully saturated rings. The summed E-state index contributed by atoms with van der Waals surface area (Å²) in [7, 11) is 0. The van der Waals surface area contributed by atoms with Gasteiger partial charge in [-0.2, -0.15) is 0 Å². The molecule has 1 aliphatic rings. The van der Waals surface area contributed by atoms with Crippen molar-refractivity contribution in [2.24, 2.45) is 0 Å². The number of carbonyl (C=O) groups excluding carboxylic acids is 1. The highest BCUT2D eigenvalue weighted by atomic mass is 19.1. The molecule has 0 aromatic heterocycles. The summed E-state index contributed by atoms with van der Waals surface area (Å²) in [6, 6.07) is 16.8. The first-order chi connectivity index (χ1) is 12.6. The van der Waals surface area contributed by atoms with E-state index in [1.165, 1.54) is 23.3 Å². The van der Waals surface area contributed by atoms with E-state index in [1.807, 2.05) is 6.07 Å². The van der Waals surface area contributed by atoms with Crippen LogP contribution >= 0.6 is 0 Å². The fraction of sp³-hybridized carbons (Fsp3) is 0.348. The molecule has 0 aliphatic carbocycles. The first-order valence-corrected chi connectivity index (χ1v) is 9.36. The standard InChI is InChI=1S/C23H26FNO/c1-18-13-15-25(22(16-18)17-19-6-3-2-4-7-19)14-5-8-23(26)20-9-11-21(24)12-10-20/h2-4,6-7,9-12,16,22H,5,8,13-15,17H2,1H3. The van der Waals surface area contributed by atoms with Crippen molar-refractivity contribution < 1.29 is 9.18 Å². The molecule has 0 spiro atoms. The van der Waals surface area contributed by atoms with Crippen molar-refractivity contribution >= 4 is 5.78 Å². The van der Waals surface area contributed by atoms with Gasteiger partial charge in [0.1, 0.15) is 5.82 Å². The first kappa shape index (κ1) is 18.5. The molecular formula is C23H26FNO. The van der Waals surface area contributed by atoms with Crippen molar-refractivity contribution in [3.05, 3.63) is 83.2 Å². The third-order valence-electron chi connectivity index (χ3n) is 5.04. The summed E-state index contributed by atoms with van der Waals surface area (Å²) < 4.78 is 13.0. The van der Waals surface area contributed by atoms with Crippen LogP contribution in [0.5, 0.6) is 0 Å². The highest BCUT2D eigenvalue weighted by molar-refractivity contribution is 5.95. The molecule has 0 saturated heterocycles. The molecule has 3 rings (SSSR count). The number of hydrogen-bond acceptors (Lipinski definition) is 2. The fourth-order valence-corrected chi connectivity index (χ4v) is 3.55. The molecule has 136 valence electrons. The van der Waals surface area contributed by atoms with Crippen LogP contribution in [0.2, 0.25) is 0 Å². The summed E-state index contributed by atoms with van der Waals surface area (Å²) in [5.41, 5.74) is 3.39. The van der Waals surface area contributed by atoms with Crippen LogP contribution in [0.15, 0.2) is 66.2 Å². The molecule has 1 heterocycles. The number of halogens is 1. The Bertz CT molecular complexity index is 752. The molecule has 0 saturated carbocycles. The minimum absolute atomic E-state index is 0.0911. The first-order valence-electron chi connectivity index (χ1n) is 9.36. The Morgan fingerprint density at radius 3 is 2.58 bits per heavy atom. The molecule has 3 heteroatoms. The lowest BCUT2D eigenvalue weighted by atomic mass is 9.97. The normalized spacial score (nSPS) is 17.8. The Hall–Kier alpha value is -2.26. The molecule has 2 nitrogen and oxygen atoms in total. The minimum atomic E-state index is -0.305. The van der Waals surface area contributed by atoms with E-state index in [9.17, 15) is 9.18 Å². The number of ketones is 1. The van der Waals surface area contributed by atoms with E-state index >= 15 is 0 Å². The van der Waals surface area contributed by atoms with Crippen LogP contribution in [0.25, 0.3) is 0 Å². The molecule has 0 amide bonds. The van der Waals surface area contributed by atoms with Crippen LogP contribution in [0.3, 0.4) is 0 Å². The highest BCUT2D eigenvalue weighted by Gasteiger charge is 2.21. The quantitative estimate of drug-likeness (QED) is 0.514. The van der Waals surface area contributed by atoms with E-state index in [0.717, 1.165) is 32.4 Å². The lowest BCUT2D eigenvalue weighted by molar-refractivity contribution is 0.0971. The molecule has 1 atom stereocenters. The molecule has 2 aromatic carbocycles. The zero-order chi connectivity index (χ0) is 18.4. The summed E-state index contributed by atoms with van der Waals surface area (Å²) in [6.45, 7) is 4.16.